The number of nitrogens with two attached hydrogens (primary N) is 1. The zero-order chi connectivity index (χ0) is 12.3. The van der Waals surface area contributed by atoms with Gasteiger partial charge in [-0.05, 0) is 37.5 Å². The van der Waals surface area contributed by atoms with E-state index in [-0.39, 0.29) is 17.9 Å². The van der Waals surface area contributed by atoms with Crippen LogP contribution in [0.4, 0.5) is 0 Å². The lowest BCUT2D eigenvalue weighted by Crippen LogP contribution is -2.43. The number of hydrogen-bond donors (Lipinski definition) is 2. The van der Waals surface area contributed by atoms with Gasteiger partial charge in [0.1, 0.15) is 0 Å². The van der Waals surface area contributed by atoms with Crippen LogP contribution in [0.1, 0.15) is 58.3 Å². The van der Waals surface area contributed by atoms with E-state index in [1.165, 1.54) is 32.1 Å². The third-order valence-corrected chi connectivity index (χ3v) is 4.75. The summed E-state index contributed by atoms with van der Waals surface area (Å²) in [7, 11) is 0. The Morgan fingerprint density at radius 2 is 2.00 bits per heavy atom. The highest BCUT2D eigenvalue weighted by atomic mass is 16.1. The molecular formula is C14H26N2O. The number of nitrogens with one attached hydrogen (secondary N) is 1. The molecule has 0 bridgehead atoms. The van der Waals surface area contributed by atoms with Crippen LogP contribution >= 0.6 is 0 Å². The highest BCUT2D eigenvalue weighted by molar-refractivity contribution is 5.79. The number of amides is 1. The molecule has 2 unspecified atom stereocenters. The van der Waals surface area contributed by atoms with Gasteiger partial charge in [0, 0.05) is 12.6 Å². The van der Waals surface area contributed by atoms with E-state index >= 15 is 0 Å². The van der Waals surface area contributed by atoms with Crippen molar-refractivity contribution in [2.24, 2.45) is 17.1 Å². The van der Waals surface area contributed by atoms with Gasteiger partial charge >= 0.3 is 0 Å². The first-order chi connectivity index (χ1) is 8.17. The lowest BCUT2D eigenvalue weighted by atomic mass is 9.94. The smallest absolute Gasteiger partial charge is 0.224 e. The monoisotopic (exact) mass is 238 g/mol. The molecule has 0 aromatic carbocycles. The van der Waals surface area contributed by atoms with Crippen LogP contribution < -0.4 is 11.1 Å². The second-order valence-electron chi connectivity index (χ2n) is 5.98. The largest absolute Gasteiger partial charge is 0.355 e. The first-order valence-electron chi connectivity index (χ1n) is 7.20. The molecule has 2 fully saturated rings. The van der Waals surface area contributed by atoms with Crippen molar-refractivity contribution in [3.63, 3.8) is 0 Å². The highest BCUT2D eigenvalue weighted by Crippen LogP contribution is 2.47. The SMILES string of the molecule is CCC1(CNC(=O)C2CCCCCC2N)CC1. The van der Waals surface area contributed by atoms with Gasteiger partial charge in [0.15, 0.2) is 0 Å². The average Bonchev–Trinajstić information content (AvgIpc) is 3.12. The second kappa shape index (κ2) is 5.38. The predicted octanol–water partition coefficient (Wildman–Crippen LogP) is 2.20. The van der Waals surface area contributed by atoms with Crippen molar-refractivity contribution in [3.8, 4) is 0 Å². The fourth-order valence-electron chi connectivity index (χ4n) is 2.90. The predicted molar refractivity (Wildman–Crippen MR) is 69.5 cm³/mol. The summed E-state index contributed by atoms with van der Waals surface area (Å²) in [5, 5.41) is 3.15. The summed E-state index contributed by atoms with van der Waals surface area (Å²) < 4.78 is 0. The topological polar surface area (TPSA) is 55.1 Å². The highest BCUT2D eigenvalue weighted by Gasteiger charge is 2.41. The lowest BCUT2D eigenvalue weighted by Gasteiger charge is -2.22. The summed E-state index contributed by atoms with van der Waals surface area (Å²) in [5.41, 5.74) is 6.54. The van der Waals surface area contributed by atoms with Crippen LogP contribution in [-0.2, 0) is 4.79 Å². The normalized spacial score (nSPS) is 31.6. The molecule has 98 valence electrons. The quantitative estimate of drug-likeness (QED) is 0.738. The molecule has 0 aromatic heterocycles. The molecule has 17 heavy (non-hydrogen) atoms. The van der Waals surface area contributed by atoms with Gasteiger partial charge in [-0.2, -0.15) is 0 Å². The molecule has 3 nitrogen and oxygen atoms in total. The summed E-state index contributed by atoms with van der Waals surface area (Å²) in [6.45, 7) is 3.09. The van der Waals surface area contributed by atoms with Crippen molar-refractivity contribution in [2.45, 2.75) is 64.3 Å². The maximum Gasteiger partial charge on any atom is 0.224 e. The van der Waals surface area contributed by atoms with Crippen LogP contribution in [0.5, 0.6) is 0 Å². The van der Waals surface area contributed by atoms with Crippen molar-refractivity contribution < 1.29 is 4.79 Å². The lowest BCUT2D eigenvalue weighted by molar-refractivity contribution is -0.126. The van der Waals surface area contributed by atoms with Crippen LogP contribution in [0.25, 0.3) is 0 Å². The molecule has 3 heteroatoms. The van der Waals surface area contributed by atoms with E-state index in [4.69, 9.17) is 5.73 Å². The molecule has 0 spiro atoms. The Labute approximate surface area is 105 Å². The van der Waals surface area contributed by atoms with Crippen LogP contribution in [0, 0.1) is 11.3 Å². The maximum absolute atomic E-state index is 12.2. The Hall–Kier alpha value is -0.570. The van der Waals surface area contributed by atoms with Crippen LogP contribution in [0.2, 0.25) is 0 Å². The van der Waals surface area contributed by atoms with Gasteiger partial charge in [0.2, 0.25) is 5.91 Å². The Morgan fingerprint density at radius 3 is 2.65 bits per heavy atom. The first kappa shape index (κ1) is 12.9. The Balaban J connectivity index is 1.81. The van der Waals surface area contributed by atoms with Crippen LogP contribution in [0.15, 0.2) is 0 Å². The first-order valence-corrected chi connectivity index (χ1v) is 7.20. The molecule has 2 saturated carbocycles. The minimum absolute atomic E-state index is 0.0603. The molecule has 1 amide bonds. The molecule has 0 radical (unpaired) electrons. The number of rotatable bonds is 4. The van der Waals surface area contributed by atoms with E-state index in [0.717, 1.165) is 25.8 Å². The molecule has 2 atom stereocenters. The van der Waals surface area contributed by atoms with Gasteiger partial charge in [0.25, 0.3) is 0 Å². The Kier molecular flexibility index (Phi) is 4.08. The minimum Gasteiger partial charge on any atom is -0.355 e. The number of hydrogen-bond acceptors (Lipinski definition) is 2. The van der Waals surface area contributed by atoms with E-state index in [9.17, 15) is 4.79 Å². The third-order valence-electron chi connectivity index (χ3n) is 4.75. The molecule has 2 aliphatic rings. The summed E-state index contributed by atoms with van der Waals surface area (Å²) in [4.78, 5) is 12.2. The summed E-state index contributed by atoms with van der Waals surface area (Å²) in [5.74, 6) is 0.268. The summed E-state index contributed by atoms with van der Waals surface area (Å²) in [6.07, 6.45) is 9.30. The van der Waals surface area contributed by atoms with Crippen molar-refractivity contribution in [2.75, 3.05) is 6.54 Å². The second-order valence-corrected chi connectivity index (χ2v) is 5.98. The molecular weight excluding hydrogens is 212 g/mol. The molecule has 3 N–H and O–H groups in total. The average molecular weight is 238 g/mol. The summed E-state index contributed by atoms with van der Waals surface area (Å²) >= 11 is 0. The van der Waals surface area contributed by atoms with Gasteiger partial charge in [0.05, 0.1) is 5.92 Å². The number of carbonyl (C=O) groups is 1. The molecule has 0 aliphatic heterocycles. The zero-order valence-electron chi connectivity index (χ0n) is 11.0. The maximum atomic E-state index is 12.2. The molecule has 2 aliphatic carbocycles. The minimum atomic E-state index is 0.0603. The van der Waals surface area contributed by atoms with Crippen LogP contribution in [-0.4, -0.2) is 18.5 Å². The third kappa shape index (κ3) is 3.21. The van der Waals surface area contributed by atoms with Gasteiger partial charge in [-0.25, -0.2) is 0 Å². The van der Waals surface area contributed by atoms with Crippen molar-refractivity contribution in [3.05, 3.63) is 0 Å². The number of carbonyl (C=O) groups excluding carboxylic acids is 1. The van der Waals surface area contributed by atoms with Gasteiger partial charge in [-0.3, -0.25) is 4.79 Å². The molecule has 0 heterocycles. The molecule has 2 rings (SSSR count). The molecule has 0 saturated heterocycles. The fraction of sp³-hybridized carbons (Fsp3) is 0.929. The summed E-state index contributed by atoms with van der Waals surface area (Å²) in [6, 6.07) is 0.0780. The van der Waals surface area contributed by atoms with Crippen molar-refractivity contribution in [1.29, 1.82) is 0 Å². The van der Waals surface area contributed by atoms with Crippen LogP contribution in [0.3, 0.4) is 0 Å². The van der Waals surface area contributed by atoms with E-state index < -0.39 is 0 Å². The van der Waals surface area contributed by atoms with E-state index in [2.05, 4.69) is 12.2 Å². The van der Waals surface area contributed by atoms with Gasteiger partial charge in [-0.15, -0.1) is 0 Å². The Bertz CT molecular complexity index is 273. The van der Waals surface area contributed by atoms with Gasteiger partial charge < -0.3 is 11.1 Å². The fourth-order valence-corrected chi connectivity index (χ4v) is 2.90. The van der Waals surface area contributed by atoms with E-state index in [1.807, 2.05) is 0 Å². The van der Waals surface area contributed by atoms with E-state index in [1.54, 1.807) is 0 Å². The van der Waals surface area contributed by atoms with E-state index in [0.29, 0.717) is 5.41 Å². The van der Waals surface area contributed by atoms with Crippen molar-refractivity contribution >= 4 is 5.91 Å². The van der Waals surface area contributed by atoms with Gasteiger partial charge in [-0.1, -0.05) is 26.2 Å². The molecule has 0 aromatic rings. The zero-order valence-corrected chi connectivity index (χ0v) is 11.0. The standard InChI is InChI=1S/C14H26N2O/c1-2-14(8-9-14)10-16-13(17)11-6-4-3-5-7-12(11)15/h11-12H,2-10,15H2,1H3,(H,16,17). The van der Waals surface area contributed by atoms with Crippen molar-refractivity contribution in [1.82, 2.24) is 5.32 Å². The Morgan fingerprint density at radius 1 is 1.29 bits per heavy atom.